The van der Waals surface area contributed by atoms with E-state index in [0.29, 0.717) is 12.0 Å². The van der Waals surface area contributed by atoms with Crippen LogP contribution in [0.2, 0.25) is 0 Å². The van der Waals surface area contributed by atoms with Gasteiger partial charge < -0.3 is 20.3 Å². The summed E-state index contributed by atoms with van der Waals surface area (Å²) >= 11 is 3.33. The van der Waals surface area contributed by atoms with Gasteiger partial charge in [-0.05, 0) is 42.5 Å². The molecule has 0 aliphatic heterocycles. The van der Waals surface area contributed by atoms with E-state index in [1.807, 2.05) is 43.3 Å². The van der Waals surface area contributed by atoms with Gasteiger partial charge in [0.1, 0.15) is 0 Å². The first-order valence-electron chi connectivity index (χ1n) is 9.97. The molecule has 0 spiro atoms. The third kappa shape index (κ3) is 6.69. The summed E-state index contributed by atoms with van der Waals surface area (Å²) in [6.45, 7) is 1.81. The Balaban J connectivity index is 2.09. The molecule has 0 aliphatic carbocycles. The summed E-state index contributed by atoms with van der Waals surface area (Å²) in [5.41, 5.74) is 3.35. The Labute approximate surface area is 186 Å². The molecule has 1 unspecified atom stereocenters. The lowest BCUT2D eigenvalue weighted by molar-refractivity contribution is -0.122. The van der Waals surface area contributed by atoms with Crippen LogP contribution in [0.1, 0.15) is 35.2 Å². The van der Waals surface area contributed by atoms with E-state index in [2.05, 4.69) is 21.2 Å². The van der Waals surface area contributed by atoms with Gasteiger partial charge >= 0.3 is 7.12 Å². The largest absolute Gasteiger partial charge is 0.475 e. The average Bonchev–Trinajstić information content (AvgIpc) is 2.72. The van der Waals surface area contributed by atoms with Crippen molar-refractivity contribution in [3.8, 4) is 11.1 Å². The van der Waals surface area contributed by atoms with E-state index in [1.165, 1.54) is 4.90 Å². The molecule has 6 nitrogen and oxygen atoms in total. The maximum atomic E-state index is 13.1. The van der Waals surface area contributed by atoms with Gasteiger partial charge in [-0.25, -0.2) is 0 Å². The molecule has 0 saturated carbocycles. The van der Waals surface area contributed by atoms with E-state index in [-0.39, 0.29) is 12.5 Å². The Bertz CT molecular complexity index is 863. The maximum absolute atomic E-state index is 13.1. The molecule has 2 rings (SSSR count). The Kier molecular flexibility index (Phi) is 9.55. The highest BCUT2D eigenvalue weighted by Gasteiger charge is 2.26. The number of hydrogen-bond donors (Lipinski definition) is 3. The minimum atomic E-state index is -1.65. The minimum Gasteiger partial charge on any atom is -0.426 e. The van der Waals surface area contributed by atoms with E-state index >= 15 is 0 Å². The van der Waals surface area contributed by atoms with Crippen molar-refractivity contribution >= 4 is 34.9 Å². The van der Waals surface area contributed by atoms with Crippen LogP contribution in [0.25, 0.3) is 11.1 Å². The quantitative estimate of drug-likeness (QED) is 0.280. The third-order valence-corrected chi connectivity index (χ3v) is 5.49. The molecule has 0 bridgehead atoms. The van der Waals surface area contributed by atoms with Crippen LogP contribution in [0, 0.1) is 6.92 Å². The first-order chi connectivity index (χ1) is 14.3. The van der Waals surface area contributed by atoms with E-state index in [9.17, 15) is 19.6 Å². The van der Waals surface area contributed by atoms with Gasteiger partial charge in [0.2, 0.25) is 5.91 Å². The number of hydrogen-bond acceptors (Lipinski definition) is 4. The smallest absolute Gasteiger partial charge is 0.426 e. The fraction of sp³-hybridized carbons (Fsp3) is 0.364. The van der Waals surface area contributed by atoms with E-state index in [0.717, 1.165) is 34.9 Å². The monoisotopic (exact) mass is 474 g/mol. The zero-order valence-electron chi connectivity index (χ0n) is 17.3. The van der Waals surface area contributed by atoms with Crippen LogP contribution >= 0.6 is 15.9 Å². The maximum Gasteiger partial charge on any atom is 0.475 e. The van der Waals surface area contributed by atoms with Crippen molar-refractivity contribution in [2.45, 2.75) is 32.1 Å². The lowest BCUT2D eigenvalue weighted by atomic mass is 9.76. The second kappa shape index (κ2) is 11.9. The van der Waals surface area contributed by atoms with Crippen LogP contribution in [0.4, 0.5) is 0 Å². The highest BCUT2D eigenvalue weighted by Crippen LogP contribution is 2.27. The third-order valence-electron chi connectivity index (χ3n) is 4.93. The van der Waals surface area contributed by atoms with Crippen LogP contribution in [0.15, 0.2) is 48.5 Å². The van der Waals surface area contributed by atoms with Crippen molar-refractivity contribution in [1.82, 2.24) is 10.2 Å². The molecular weight excluding hydrogens is 447 g/mol. The number of amides is 2. The van der Waals surface area contributed by atoms with Crippen molar-refractivity contribution < 1.29 is 19.6 Å². The number of alkyl halides is 1. The summed E-state index contributed by atoms with van der Waals surface area (Å²) in [4.78, 5) is 26.8. The van der Waals surface area contributed by atoms with E-state index in [1.54, 1.807) is 19.2 Å². The number of carbonyl (C=O) groups is 2. The molecule has 0 aromatic heterocycles. The molecule has 2 aromatic carbocycles. The summed E-state index contributed by atoms with van der Waals surface area (Å²) < 4.78 is 0. The molecule has 0 aliphatic rings. The molecule has 2 amide bonds. The summed E-state index contributed by atoms with van der Waals surface area (Å²) in [7, 11) is -0.0850. The first kappa shape index (κ1) is 24.1. The Morgan fingerprint density at radius 2 is 1.70 bits per heavy atom. The van der Waals surface area contributed by atoms with Gasteiger partial charge in [-0.15, -0.1) is 0 Å². The molecule has 30 heavy (non-hydrogen) atoms. The van der Waals surface area contributed by atoms with Gasteiger partial charge in [0.05, 0.1) is 12.5 Å². The lowest BCUT2D eigenvalue weighted by Crippen LogP contribution is -2.49. The molecule has 8 heteroatoms. The molecule has 0 fully saturated rings. The molecule has 3 N–H and O–H groups in total. The fourth-order valence-corrected chi connectivity index (χ4v) is 3.68. The number of halogens is 1. The predicted molar refractivity (Wildman–Crippen MR) is 123 cm³/mol. The number of likely N-dealkylation sites (N-methyl/N-ethyl adjacent to an activating group) is 1. The fourth-order valence-electron chi connectivity index (χ4n) is 3.28. The van der Waals surface area contributed by atoms with Crippen LogP contribution in [-0.4, -0.2) is 58.7 Å². The number of nitrogens with zero attached hydrogens (tertiary/aromatic N) is 1. The highest BCUT2D eigenvalue weighted by atomic mass is 79.9. The molecule has 2 aromatic rings. The Morgan fingerprint density at radius 1 is 1.07 bits per heavy atom. The second-order valence-electron chi connectivity index (χ2n) is 7.29. The van der Waals surface area contributed by atoms with Gasteiger partial charge in [-0.2, -0.15) is 0 Å². The molecule has 160 valence electrons. The molecule has 0 radical (unpaired) electrons. The second-order valence-corrected chi connectivity index (χ2v) is 8.09. The summed E-state index contributed by atoms with van der Waals surface area (Å²) in [5, 5.41) is 22.5. The van der Waals surface area contributed by atoms with E-state index in [4.69, 9.17) is 0 Å². The zero-order valence-corrected chi connectivity index (χ0v) is 18.9. The van der Waals surface area contributed by atoms with Gasteiger partial charge in [0.15, 0.2) is 0 Å². The normalized spacial score (nSPS) is 11.6. The number of rotatable bonds is 10. The number of aryl methyl sites for hydroxylation is 1. The summed E-state index contributed by atoms with van der Waals surface area (Å²) in [5.74, 6) is -1.47. The van der Waals surface area contributed by atoms with Gasteiger partial charge in [-0.3, -0.25) is 9.59 Å². The lowest BCUT2D eigenvalue weighted by Gasteiger charge is -2.22. The molecule has 0 saturated heterocycles. The molecular formula is C22H28BBrN2O4. The van der Waals surface area contributed by atoms with Gasteiger partial charge in [0.25, 0.3) is 5.91 Å². The first-order valence-corrected chi connectivity index (χ1v) is 11.1. The average molecular weight is 475 g/mol. The van der Waals surface area contributed by atoms with Gasteiger partial charge in [0, 0.05) is 17.9 Å². The zero-order chi connectivity index (χ0) is 22.1. The molecule has 1 atom stereocenters. The van der Waals surface area contributed by atoms with Crippen LogP contribution in [0.5, 0.6) is 0 Å². The van der Waals surface area contributed by atoms with Crippen molar-refractivity contribution in [2.24, 2.45) is 0 Å². The predicted octanol–water partition coefficient (Wildman–Crippen LogP) is 2.80. The van der Waals surface area contributed by atoms with Crippen molar-refractivity contribution in [3.05, 3.63) is 59.7 Å². The molecule has 0 heterocycles. The SMILES string of the molecule is Cc1ccccc1-c1ccccc1C(=O)N(C)CC(=O)NC(CCCCBr)B(O)O. The van der Waals surface area contributed by atoms with Crippen molar-refractivity contribution in [2.75, 3.05) is 18.9 Å². The van der Waals surface area contributed by atoms with Crippen LogP contribution in [-0.2, 0) is 4.79 Å². The van der Waals surface area contributed by atoms with E-state index < -0.39 is 19.0 Å². The number of unbranched alkanes of at least 4 members (excludes halogenated alkanes) is 1. The number of carbonyl (C=O) groups excluding carboxylic acids is 2. The number of nitrogens with one attached hydrogen (secondary N) is 1. The highest BCUT2D eigenvalue weighted by molar-refractivity contribution is 9.09. The van der Waals surface area contributed by atoms with Crippen LogP contribution < -0.4 is 5.32 Å². The number of benzene rings is 2. The van der Waals surface area contributed by atoms with Crippen molar-refractivity contribution in [3.63, 3.8) is 0 Å². The van der Waals surface area contributed by atoms with Crippen LogP contribution in [0.3, 0.4) is 0 Å². The summed E-state index contributed by atoms with van der Waals surface area (Å²) in [6, 6.07) is 15.2. The van der Waals surface area contributed by atoms with Gasteiger partial charge in [-0.1, -0.05) is 64.8 Å². The summed E-state index contributed by atoms with van der Waals surface area (Å²) in [6.07, 6.45) is 2.06. The minimum absolute atomic E-state index is 0.178. The standard InChI is InChI=1S/C22H28BBrN2O4/c1-16-9-3-4-10-17(16)18-11-5-6-12-19(18)22(28)26(2)15-21(27)25-20(23(29)30)13-7-8-14-24/h3-6,9-12,20,29-30H,7-8,13-15H2,1-2H3,(H,25,27). The Hall–Kier alpha value is -2.16. The topological polar surface area (TPSA) is 89.9 Å². The Morgan fingerprint density at radius 3 is 2.33 bits per heavy atom. The van der Waals surface area contributed by atoms with Crippen molar-refractivity contribution in [1.29, 1.82) is 0 Å².